The number of nitrogens with two attached hydrogens (primary N) is 1. The summed E-state index contributed by atoms with van der Waals surface area (Å²) in [5.74, 6) is 0.107. The topological polar surface area (TPSA) is 61.9 Å². The molecule has 0 heterocycles. The van der Waals surface area contributed by atoms with Gasteiger partial charge in [0.15, 0.2) is 5.96 Å². The summed E-state index contributed by atoms with van der Waals surface area (Å²) in [6.07, 6.45) is 7.14. The average Bonchev–Trinajstić information content (AvgIpc) is 2.12. The molecular formula is C13H29N3. The summed E-state index contributed by atoms with van der Waals surface area (Å²) in [4.78, 5) is 0. The Balaban J connectivity index is 3.95. The molecule has 96 valence electrons. The Hall–Kier alpha value is -0.730. The molecule has 0 saturated heterocycles. The molecule has 4 N–H and O–H groups in total. The van der Waals surface area contributed by atoms with E-state index >= 15 is 0 Å². The number of unbranched alkanes of at least 4 members (excludes halogenated alkanes) is 2. The summed E-state index contributed by atoms with van der Waals surface area (Å²) in [6, 6.07) is 0.378. The maximum atomic E-state index is 7.31. The van der Waals surface area contributed by atoms with E-state index < -0.39 is 0 Å². The van der Waals surface area contributed by atoms with E-state index in [0.29, 0.717) is 11.5 Å². The van der Waals surface area contributed by atoms with Crippen molar-refractivity contribution in [2.45, 2.75) is 72.3 Å². The highest BCUT2D eigenvalue weighted by Crippen LogP contribution is 2.22. The van der Waals surface area contributed by atoms with Crippen LogP contribution in [0.1, 0.15) is 66.2 Å². The second kappa shape index (κ2) is 7.53. The Morgan fingerprint density at radius 3 is 2.31 bits per heavy atom. The number of rotatable bonds is 7. The van der Waals surface area contributed by atoms with Gasteiger partial charge >= 0.3 is 0 Å². The van der Waals surface area contributed by atoms with Crippen molar-refractivity contribution in [3.05, 3.63) is 0 Å². The Labute approximate surface area is 101 Å². The summed E-state index contributed by atoms with van der Waals surface area (Å²) in [5, 5.41) is 10.4. The molecule has 0 rings (SSSR count). The fourth-order valence-corrected chi connectivity index (χ4v) is 1.76. The fraction of sp³-hybridized carbons (Fsp3) is 0.923. The molecular weight excluding hydrogens is 198 g/mol. The van der Waals surface area contributed by atoms with Crippen molar-refractivity contribution >= 4 is 5.96 Å². The average molecular weight is 227 g/mol. The highest BCUT2D eigenvalue weighted by molar-refractivity contribution is 5.74. The van der Waals surface area contributed by atoms with Crippen LogP contribution in [0.2, 0.25) is 0 Å². The molecule has 0 aliphatic heterocycles. The van der Waals surface area contributed by atoms with Crippen LogP contribution >= 0.6 is 0 Å². The molecule has 3 heteroatoms. The zero-order chi connectivity index (χ0) is 12.6. The van der Waals surface area contributed by atoms with Crippen LogP contribution in [0.4, 0.5) is 0 Å². The summed E-state index contributed by atoms with van der Waals surface area (Å²) < 4.78 is 0. The highest BCUT2D eigenvalue weighted by Gasteiger charge is 2.15. The molecule has 0 bridgehead atoms. The molecule has 3 nitrogen and oxygen atoms in total. The van der Waals surface area contributed by atoms with Gasteiger partial charge in [-0.3, -0.25) is 5.41 Å². The summed E-state index contributed by atoms with van der Waals surface area (Å²) in [7, 11) is 0. The van der Waals surface area contributed by atoms with Crippen LogP contribution < -0.4 is 11.1 Å². The van der Waals surface area contributed by atoms with Gasteiger partial charge in [0.1, 0.15) is 0 Å². The minimum absolute atomic E-state index is 0.107. The molecule has 1 atom stereocenters. The van der Waals surface area contributed by atoms with Crippen molar-refractivity contribution in [3.63, 3.8) is 0 Å². The van der Waals surface area contributed by atoms with E-state index in [9.17, 15) is 0 Å². The first kappa shape index (κ1) is 15.3. The molecule has 0 fully saturated rings. The van der Waals surface area contributed by atoms with E-state index in [1.54, 1.807) is 0 Å². The lowest BCUT2D eigenvalue weighted by Gasteiger charge is -2.24. The van der Waals surface area contributed by atoms with Gasteiger partial charge in [-0.15, -0.1) is 0 Å². The monoisotopic (exact) mass is 227 g/mol. The Morgan fingerprint density at radius 1 is 1.25 bits per heavy atom. The second-order valence-electron chi connectivity index (χ2n) is 5.85. The number of hydrogen-bond acceptors (Lipinski definition) is 1. The van der Waals surface area contributed by atoms with Crippen molar-refractivity contribution in [1.82, 2.24) is 5.32 Å². The van der Waals surface area contributed by atoms with Crippen molar-refractivity contribution in [1.29, 1.82) is 5.41 Å². The molecule has 0 radical (unpaired) electrons. The summed E-state index contributed by atoms with van der Waals surface area (Å²) in [6.45, 7) is 8.97. The molecule has 0 aliphatic rings. The van der Waals surface area contributed by atoms with Crippen molar-refractivity contribution in [2.24, 2.45) is 11.1 Å². The van der Waals surface area contributed by atoms with Gasteiger partial charge in [0.25, 0.3) is 0 Å². The number of hydrogen-bond donors (Lipinski definition) is 3. The zero-order valence-electron chi connectivity index (χ0n) is 11.4. The van der Waals surface area contributed by atoms with E-state index in [1.165, 1.54) is 25.7 Å². The Kier molecular flexibility index (Phi) is 7.18. The van der Waals surface area contributed by atoms with Gasteiger partial charge in [-0.1, -0.05) is 47.0 Å². The molecule has 0 aliphatic carbocycles. The van der Waals surface area contributed by atoms with Gasteiger partial charge in [0, 0.05) is 6.04 Å². The van der Waals surface area contributed by atoms with Crippen LogP contribution in [0.5, 0.6) is 0 Å². The van der Waals surface area contributed by atoms with Gasteiger partial charge in [0.05, 0.1) is 0 Å². The standard InChI is InChI=1S/C13H29N3/c1-5-6-7-8-11(16-12(14)15)9-10-13(2,3)4/h11H,5-10H2,1-4H3,(H4,14,15,16). The Morgan fingerprint density at radius 2 is 1.88 bits per heavy atom. The highest BCUT2D eigenvalue weighted by atomic mass is 15.1. The number of guanidine groups is 1. The van der Waals surface area contributed by atoms with E-state index in [2.05, 4.69) is 33.0 Å². The van der Waals surface area contributed by atoms with Crippen LogP contribution in [0, 0.1) is 10.8 Å². The predicted molar refractivity (Wildman–Crippen MR) is 71.7 cm³/mol. The first-order valence-electron chi connectivity index (χ1n) is 6.45. The van der Waals surface area contributed by atoms with Crippen LogP contribution in [0.15, 0.2) is 0 Å². The predicted octanol–water partition coefficient (Wildman–Crippen LogP) is 3.24. The van der Waals surface area contributed by atoms with Gasteiger partial charge in [-0.25, -0.2) is 0 Å². The first-order chi connectivity index (χ1) is 7.35. The first-order valence-corrected chi connectivity index (χ1v) is 6.45. The third kappa shape index (κ3) is 9.81. The molecule has 0 aromatic rings. The van der Waals surface area contributed by atoms with Crippen molar-refractivity contribution in [3.8, 4) is 0 Å². The van der Waals surface area contributed by atoms with Crippen LogP contribution in [-0.4, -0.2) is 12.0 Å². The lowest BCUT2D eigenvalue weighted by Crippen LogP contribution is -2.39. The van der Waals surface area contributed by atoms with E-state index in [0.717, 1.165) is 12.8 Å². The lowest BCUT2D eigenvalue weighted by atomic mass is 9.87. The minimum Gasteiger partial charge on any atom is -0.370 e. The van der Waals surface area contributed by atoms with Crippen molar-refractivity contribution < 1.29 is 0 Å². The van der Waals surface area contributed by atoms with E-state index in [-0.39, 0.29) is 5.96 Å². The van der Waals surface area contributed by atoms with Gasteiger partial charge in [0.2, 0.25) is 0 Å². The summed E-state index contributed by atoms with van der Waals surface area (Å²) >= 11 is 0. The van der Waals surface area contributed by atoms with Crippen LogP contribution in [0.25, 0.3) is 0 Å². The van der Waals surface area contributed by atoms with Crippen LogP contribution in [-0.2, 0) is 0 Å². The summed E-state index contributed by atoms with van der Waals surface area (Å²) in [5.41, 5.74) is 5.77. The zero-order valence-corrected chi connectivity index (χ0v) is 11.4. The quantitative estimate of drug-likeness (QED) is 0.355. The second-order valence-corrected chi connectivity index (χ2v) is 5.85. The molecule has 0 saturated carbocycles. The third-order valence-electron chi connectivity index (χ3n) is 2.76. The van der Waals surface area contributed by atoms with Crippen LogP contribution in [0.3, 0.4) is 0 Å². The lowest BCUT2D eigenvalue weighted by molar-refractivity contribution is 0.332. The molecule has 0 spiro atoms. The van der Waals surface area contributed by atoms with Gasteiger partial charge in [-0.2, -0.15) is 0 Å². The molecule has 16 heavy (non-hydrogen) atoms. The molecule has 0 aromatic heterocycles. The fourth-order valence-electron chi connectivity index (χ4n) is 1.76. The van der Waals surface area contributed by atoms with Gasteiger partial charge in [-0.05, 0) is 24.7 Å². The minimum atomic E-state index is 0.107. The smallest absolute Gasteiger partial charge is 0.185 e. The third-order valence-corrected chi connectivity index (χ3v) is 2.76. The maximum absolute atomic E-state index is 7.31. The normalized spacial score (nSPS) is 13.5. The molecule has 1 unspecified atom stereocenters. The Bertz CT molecular complexity index is 194. The molecule has 0 amide bonds. The number of nitrogens with one attached hydrogen (secondary N) is 2. The largest absolute Gasteiger partial charge is 0.370 e. The van der Waals surface area contributed by atoms with Gasteiger partial charge < -0.3 is 11.1 Å². The van der Waals surface area contributed by atoms with E-state index in [1.807, 2.05) is 0 Å². The SMILES string of the molecule is CCCCCC(CCC(C)(C)C)NC(=N)N. The van der Waals surface area contributed by atoms with E-state index in [4.69, 9.17) is 11.1 Å². The van der Waals surface area contributed by atoms with Crippen molar-refractivity contribution in [2.75, 3.05) is 0 Å². The molecule has 0 aromatic carbocycles. The maximum Gasteiger partial charge on any atom is 0.185 e.